The zero-order valence-electron chi connectivity index (χ0n) is 11.4. The standard InChI is InChI=1S/C17H18F2O/c1-2-4-12-5-3-6-14(9-12)17(20)10-13-7-8-15(18)11-16(13)19/h3,5-9,11,17,20H,2,4,10H2,1H3. The number of aliphatic hydroxyl groups is 1. The number of aliphatic hydroxyl groups excluding tert-OH is 1. The molecule has 0 saturated heterocycles. The van der Waals surface area contributed by atoms with Crippen LogP contribution in [0.25, 0.3) is 0 Å². The van der Waals surface area contributed by atoms with Crippen LogP contribution in [0.15, 0.2) is 42.5 Å². The molecule has 20 heavy (non-hydrogen) atoms. The van der Waals surface area contributed by atoms with Crippen LogP contribution in [0.3, 0.4) is 0 Å². The number of hydrogen-bond donors (Lipinski definition) is 1. The maximum absolute atomic E-state index is 13.6. The number of halogens is 2. The topological polar surface area (TPSA) is 20.2 Å². The van der Waals surface area contributed by atoms with Crippen LogP contribution in [-0.4, -0.2) is 5.11 Å². The van der Waals surface area contributed by atoms with Crippen molar-refractivity contribution in [3.8, 4) is 0 Å². The molecule has 0 amide bonds. The van der Waals surface area contributed by atoms with Crippen LogP contribution >= 0.6 is 0 Å². The molecule has 1 atom stereocenters. The van der Waals surface area contributed by atoms with Gasteiger partial charge in [0.15, 0.2) is 0 Å². The van der Waals surface area contributed by atoms with Crippen LogP contribution in [-0.2, 0) is 12.8 Å². The predicted molar refractivity (Wildman–Crippen MR) is 75.5 cm³/mol. The molecule has 2 aromatic rings. The molecule has 0 aliphatic rings. The lowest BCUT2D eigenvalue weighted by Gasteiger charge is -2.13. The van der Waals surface area contributed by atoms with E-state index in [4.69, 9.17) is 0 Å². The van der Waals surface area contributed by atoms with Crippen molar-refractivity contribution in [1.29, 1.82) is 0 Å². The number of aryl methyl sites for hydroxylation is 1. The Kier molecular flexibility index (Phi) is 4.85. The van der Waals surface area contributed by atoms with E-state index in [-0.39, 0.29) is 6.42 Å². The van der Waals surface area contributed by atoms with Crippen LogP contribution in [0, 0.1) is 11.6 Å². The normalized spacial score (nSPS) is 12.4. The van der Waals surface area contributed by atoms with E-state index >= 15 is 0 Å². The summed E-state index contributed by atoms with van der Waals surface area (Å²) in [7, 11) is 0. The van der Waals surface area contributed by atoms with Gasteiger partial charge in [-0.2, -0.15) is 0 Å². The Morgan fingerprint density at radius 3 is 2.60 bits per heavy atom. The third kappa shape index (κ3) is 3.64. The van der Waals surface area contributed by atoms with Gasteiger partial charge < -0.3 is 5.11 Å². The molecule has 0 bridgehead atoms. The van der Waals surface area contributed by atoms with Crippen LogP contribution in [0.1, 0.15) is 36.1 Å². The summed E-state index contributed by atoms with van der Waals surface area (Å²) in [5.41, 5.74) is 2.24. The van der Waals surface area contributed by atoms with Crippen molar-refractivity contribution in [1.82, 2.24) is 0 Å². The van der Waals surface area contributed by atoms with Crippen molar-refractivity contribution in [2.45, 2.75) is 32.3 Å². The molecule has 2 aromatic carbocycles. The molecule has 1 unspecified atom stereocenters. The second kappa shape index (κ2) is 6.62. The van der Waals surface area contributed by atoms with E-state index in [1.54, 1.807) is 0 Å². The summed E-state index contributed by atoms with van der Waals surface area (Å²) in [6.45, 7) is 2.09. The van der Waals surface area contributed by atoms with E-state index in [1.807, 2.05) is 24.3 Å². The zero-order valence-corrected chi connectivity index (χ0v) is 11.4. The molecule has 1 nitrogen and oxygen atoms in total. The van der Waals surface area contributed by atoms with Crippen LogP contribution in [0.4, 0.5) is 8.78 Å². The molecule has 0 aliphatic carbocycles. The van der Waals surface area contributed by atoms with Gasteiger partial charge in [0.1, 0.15) is 11.6 Å². The van der Waals surface area contributed by atoms with Crippen LogP contribution < -0.4 is 0 Å². The van der Waals surface area contributed by atoms with Gasteiger partial charge in [0.05, 0.1) is 6.10 Å². The average molecular weight is 276 g/mol. The van der Waals surface area contributed by atoms with Gasteiger partial charge in [-0.25, -0.2) is 8.78 Å². The fourth-order valence-electron chi connectivity index (χ4n) is 2.26. The molecule has 0 radical (unpaired) electrons. The summed E-state index contributed by atoms with van der Waals surface area (Å²) in [6.07, 6.45) is 1.34. The molecule has 0 aromatic heterocycles. The Bertz CT molecular complexity index is 581. The Labute approximate surface area is 117 Å². The van der Waals surface area contributed by atoms with E-state index in [0.29, 0.717) is 5.56 Å². The summed E-state index contributed by atoms with van der Waals surface area (Å²) < 4.78 is 26.4. The van der Waals surface area contributed by atoms with Crippen molar-refractivity contribution in [2.75, 3.05) is 0 Å². The molecule has 0 aliphatic heterocycles. The van der Waals surface area contributed by atoms with Gasteiger partial charge >= 0.3 is 0 Å². The Morgan fingerprint density at radius 2 is 1.90 bits per heavy atom. The largest absolute Gasteiger partial charge is 0.388 e. The highest BCUT2D eigenvalue weighted by molar-refractivity contribution is 5.28. The first-order valence-corrected chi connectivity index (χ1v) is 6.81. The molecule has 0 heterocycles. The van der Waals surface area contributed by atoms with Gasteiger partial charge in [0, 0.05) is 12.5 Å². The molecular weight excluding hydrogens is 258 g/mol. The molecule has 106 valence electrons. The monoisotopic (exact) mass is 276 g/mol. The fraction of sp³-hybridized carbons (Fsp3) is 0.294. The quantitative estimate of drug-likeness (QED) is 0.868. The van der Waals surface area contributed by atoms with E-state index in [1.165, 1.54) is 12.1 Å². The summed E-state index contributed by atoms with van der Waals surface area (Å²) in [4.78, 5) is 0. The lowest BCUT2D eigenvalue weighted by atomic mass is 9.98. The number of hydrogen-bond acceptors (Lipinski definition) is 1. The van der Waals surface area contributed by atoms with Gasteiger partial charge in [0.2, 0.25) is 0 Å². The van der Waals surface area contributed by atoms with E-state index in [9.17, 15) is 13.9 Å². The third-order valence-electron chi connectivity index (χ3n) is 3.30. The van der Waals surface area contributed by atoms with Gasteiger partial charge in [-0.15, -0.1) is 0 Å². The van der Waals surface area contributed by atoms with Gasteiger partial charge in [-0.1, -0.05) is 43.7 Å². The lowest BCUT2D eigenvalue weighted by Crippen LogP contribution is -2.04. The minimum Gasteiger partial charge on any atom is -0.388 e. The average Bonchev–Trinajstić information content (AvgIpc) is 2.42. The summed E-state index contributed by atoms with van der Waals surface area (Å²) >= 11 is 0. The zero-order chi connectivity index (χ0) is 14.5. The second-order valence-electron chi connectivity index (χ2n) is 4.95. The highest BCUT2D eigenvalue weighted by Crippen LogP contribution is 2.22. The number of rotatable bonds is 5. The third-order valence-corrected chi connectivity index (χ3v) is 3.30. The first-order valence-electron chi connectivity index (χ1n) is 6.81. The molecule has 0 spiro atoms. The van der Waals surface area contributed by atoms with Crippen molar-refractivity contribution in [3.05, 3.63) is 70.8 Å². The molecular formula is C17H18F2O. The van der Waals surface area contributed by atoms with Gasteiger partial charge in [0.25, 0.3) is 0 Å². The first-order chi connectivity index (χ1) is 9.60. The van der Waals surface area contributed by atoms with Crippen molar-refractivity contribution in [2.24, 2.45) is 0 Å². The molecule has 0 fully saturated rings. The molecule has 2 rings (SSSR count). The summed E-state index contributed by atoms with van der Waals surface area (Å²) in [5.74, 6) is -1.22. The van der Waals surface area contributed by atoms with E-state index in [2.05, 4.69) is 6.92 Å². The van der Waals surface area contributed by atoms with Gasteiger partial charge in [-0.05, 0) is 29.2 Å². The van der Waals surface area contributed by atoms with E-state index < -0.39 is 17.7 Å². The fourth-order valence-corrected chi connectivity index (χ4v) is 2.26. The molecule has 3 heteroatoms. The first kappa shape index (κ1) is 14.7. The maximum atomic E-state index is 13.6. The highest BCUT2D eigenvalue weighted by atomic mass is 19.1. The van der Waals surface area contributed by atoms with E-state index in [0.717, 1.165) is 30.0 Å². The van der Waals surface area contributed by atoms with Gasteiger partial charge in [-0.3, -0.25) is 0 Å². The molecule has 1 N–H and O–H groups in total. The maximum Gasteiger partial charge on any atom is 0.129 e. The van der Waals surface area contributed by atoms with Crippen molar-refractivity contribution >= 4 is 0 Å². The Morgan fingerprint density at radius 1 is 1.10 bits per heavy atom. The number of benzene rings is 2. The minimum absolute atomic E-state index is 0.141. The van der Waals surface area contributed by atoms with Crippen LogP contribution in [0.2, 0.25) is 0 Å². The lowest BCUT2D eigenvalue weighted by molar-refractivity contribution is 0.177. The SMILES string of the molecule is CCCc1cccc(C(O)Cc2ccc(F)cc2F)c1. The van der Waals surface area contributed by atoms with Crippen LogP contribution in [0.5, 0.6) is 0 Å². The second-order valence-corrected chi connectivity index (χ2v) is 4.95. The van der Waals surface area contributed by atoms with Crippen molar-refractivity contribution < 1.29 is 13.9 Å². The summed E-state index contributed by atoms with van der Waals surface area (Å²) in [6, 6.07) is 11.1. The summed E-state index contributed by atoms with van der Waals surface area (Å²) in [5, 5.41) is 10.2. The Balaban J connectivity index is 2.15. The Hall–Kier alpha value is -1.74. The van der Waals surface area contributed by atoms with Crippen molar-refractivity contribution in [3.63, 3.8) is 0 Å². The molecule has 0 saturated carbocycles. The minimum atomic E-state index is -0.785. The predicted octanol–water partition coefficient (Wildman–Crippen LogP) is 4.19. The smallest absolute Gasteiger partial charge is 0.129 e. The highest BCUT2D eigenvalue weighted by Gasteiger charge is 2.12.